The molecular weight excluding hydrogens is 506 g/mol. The summed E-state index contributed by atoms with van der Waals surface area (Å²) < 4.78 is 12.8. The van der Waals surface area contributed by atoms with E-state index in [0.717, 1.165) is 46.7 Å². The van der Waals surface area contributed by atoms with Crippen LogP contribution in [-0.4, -0.2) is 70.5 Å². The number of anilines is 1. The fourth-order valence-electron chi connectivity index (χ4n) is 5.42. The summed E-state index contributed by atoms with van der Waals surface area (Å²) in [6.45, 7) is 3.43. The molecule has 0 radical (unpaired) electrons. The van der Waals surface area contributed by atoms with Crippen LogP contribution in [0.15, 0.2) is 83.7 Å². The van der Waals surface area contributed by atoms with E-state index in [1.807, 2.05) is 72.8 Å². The number of piperazine rings is 1. The monoisotopic (exact) mass is 537 g/mol. The van der Waals surface area contributed by atoms with Gasteiger partial charge >= 0.3 is 0 Å². The zero-order chi connectivity index (χ0) is 27.5. The topological polar surface area (TPSA) is 101 Å². The Morgan fingerprint density at radius 1 is 0.900 bits per heavy atom. The molecule has 1 N–H and O–H groups in total. The third-order valence-electron chi connectivity index (χ3n) is 7.46. The first-order valence-corrected chi connectivity index (χ1v) is 13.3. The van der Waals surface area contributed by atoms with E-state index in [4.69, 9.17) is 9.47 Å². The molecule has 1 aliphatic heterocycles. The third-order valence-corrected chi connectivity index (χ3v) is 7.46. The Hall–Kier alpha value is -4.70. The fourth-order valence-corrected chi connectivity index (χ4v) is 5.42. The van der Waals surface area contributed by atoms with Crippen molar-refractivity contribution in [3.63, 3.8) is 0 Å². The summed E-state index contributed by atoms with van der Waals surface area (Å²) in [5, 5.41) is 13.7. The Labute approximate surface area is 231 Å². The van der Waals surface area contributed by atoms with Gasteiger partial charge in [0, 0.05) is 42.6 Å². The number of rotatable bonds is 8. The summed E-state index contributed by atoms with van der Waals surface area (Å²) in [7, 11) is 3.33. The van der Waals surface area contributed by atoms with Crippen LogP contribution in [0.1, 0.15) is 23.0 Å². The van der Waals surface area contributed by atoms with Crippen LogP contribution in [-0.2, 0) is 6.54 Å². The van der Waals surface area contributed by atoms with Gasteiger partial charge in [0.2, 0.25) is 0 Å². The minimum Gasteiger partial charge on any atom is -0.497 e. The molecule has 5 aromatic rings. The second kappa shape index (κ2) is 11.2. The lowest BCUT2D eigenvalue weighted by Gasteiger charge is -2.40. The summed E-state index contributed by atoms with van der Waals surface area (Å²) >= 11 is 0. The van der Waals surface area contributed by atoms with Gasteiger partial charge in [-0.3, -0.25) is 9.69 Å². The van der Waals surface area contributed by atoms with E-state index in [2.05, 4.69) is 36.4 Å². The number of fused-ring (bicyclic) bond motifs is 1. The molecular formula is C30H31N7O3. The summed E-state index contributed by atoms with van der Waals surface area (Å²) in [6, 6.07) is 25.2. The second-order valence-electron chi connectivity index (χ2n) is 9.78. The summed E-state index contributed by atoms with van der Waals surface area (Å²) in [5.41, 5.74) is 3.32. The van der Waals surface area contributed by atoms with Gasteiger partial charge in [0.05, 0.1) is 26.5 Å². The van der Waals surface area contributed by atoms with E-state index in [-0.39, 0.29) is 5.56 Å². The van der Waals surface area contributed by atoms with Gasteiger partial charge in [-0.1, -0.05) is 42.5 Å². The summed E-state index contributed by atoms with van der Waals surface area (Å²) in [4.78, 5) is 21.3. The van der Waals surface area contributed by atoms with Gasteiger partial charge in [-0.25, -0.2) is 4.68 Å². The highest BCUT2D eigenvalue weighted by molar-refractivity contribution is 5.80. The Bertz CT molecular complexity index is 1660. The first-order valence-electron chi connectivity index (χ1n) is 13.3. The highest BCUT2D eigenvalue weighted by Crippen LogP contribution is 2.32. The van der Waals surface area contributed by atoms with Crippen LogP contribution in [0.3, 0.4) is 0 Å². The van der Waals surface area contributed by atoms with Crippen LogP contribution >= 0.6 is 0 Å². The van der Waals surface area contributed by atoms with Gasteiger partial charge in [0.25, 0.3) is 5.56 Å². The molecule has 1 saturated heterocycles. The van der Waals surface area contributed by atoms with Crippen LogP contribution in [0, 0.1) is 0 Å². The number of benzene rings is 3. The van der Waals surface area contributed by atoms with Crippen molar-refractivity contribution in [3.8, 4) is 11.5 Å². The van der Waals surface area contributed by atoms with Crippen LogP contribution in [0.4, 0.5) is 5.69 Å². The van der Waals surface area contributed by atoms with Crippen LogP contribution in [0.25, 0.3) is 10.9 Å². The number of para-hydroxylation sites is 2. The fraction of sp³-hybridized carbons (Fsp3) is 0.267. The molecule has 3 heterocycles. The normalized spacial score (nSPS) is 14.8. The number of aromatic amines is 1. The van der Waals surface area contributed by atoms with E-state index in [1.54, 1.807) is 18.9 Å². The number of nitrogens with zero attached hydrogens (tertiary/aromatic N) is 6. The third kappa shape index (κ3) is 5.01. The van der Waals surface area contributed by atoms with Gasteiger partial charge in [0.15, 0.2) is 5.82 Å². The smallest absolute Gasteiger partial charge is 0.253 e. The molecule has 2 aromatic heterocycles. The molecule has 204 valence electrons. The largest absolute Gasteiger partial charge is 0.497 e. The number of pyridine rings is 1. The van der Waals surface area contributed by atoms with Crippen molar-refractivity contribution in [2.24, 2.45) is 0 Å². The van der Waals surface area contributed by atoms with E-state index >= 15 is 0 Å². The number of aromatic nitrogens is 5. The van der Waals surface area contributed by atoms with Crippen molar-refractivity contribution in [1.82, 2.24) is 30.1 Å². The van der Waals surface area contributed by atoms with Crippen LogP contribution in [0.5, 0.6) is 11.5 Å². The van der Waals surface area contributed by atoms with E-state index in [1.165, 1.54) is 0 Å². The van der Waals surface area contributed by atoms with Crippen molar-refractivity contribution in [2.75, 3.05) is 45.3 Å². The van der Waals surface area contributed by atoms with Crippen molar-refractivity contribution in [3.05, 3.63) is 106 Å². The van der Waals surface area contributed by atoms with Crippen LogP contribution in [0.2, 0.25) is 0 Å². The lowest BCUT2D eigenvalue weighted by Crippen LogP contribution is -2.49. The first kappa shape index (κ1) is 25.6. The second-order valence-corrected chi connectivity index (χ2v) is 9.78. The van der Waals surface area contributed by atoms with Crippen molar-refractivity contribution in [2.45, 2.75) is 12.6 Å². The quantitative estimate of drug-likeness (QED) is 0.321. The lowest BCUT2D eigenvalue weighted by molar-refractivity contribution is 0.200. The molecule has 1 atom stereocenters. The van der Waals surface area contributed by atoms with Crippen LogP contribution < -0.4 is 19.9 Å². The lowest BCUT2D eigenvalue weighted by atomic mass is 10.0. The van der Waals surface area contributed by atoms with E-state index in [9.17, 15) is 4.79 Å². The predicted molar refractivity (Wildman–Crippen MR) is 153 cm³/mol. The predicted octanol–water partition coefficient (Wildman–Crippen LogP) is 3.49. The summed E-state index contributed by atoms with van der Waals surface area (Å²) in [5.74, 6) is 2.20. The zero-order valence-corrected chi connectivity index (χ0v) is 22.5. The van der Waals surface area contributed by atoms with Gasteiger partial charge in [-0.05, 0) is 52.4 Å². The van der Waals surface area contributed by atoms with E-state index < -0.39 is 6.04 Å². The Kier molecular flexibility index (Phi) is 7.15. The van der Waals surface area contributed by atoms with Gasteiger partial charge < -0.3 is 19.4 Å². The average Bonchev–Trinajstić information content (AvgIpc) is 3.45. The molecule has 0 saturated carbocycles. The van der Waals surface area contributed by atoms with Gasteiger partial charge in [0.1, 0.15) is 17.5 Å². The molecule has 0 aliphatic carbocycles. The molecule has 6 rings (SSSR count). The average molecular weight is 538 g/mol. The minimum absolute atomic E-state index is 0.163. The minimum atomic E-state index is -0.446. The maximum absolute atomic E-state index is 13.6. The number of tetrazole rings is 1. The molecule has 0 unspecified atom stereocenters. The molecule has 1 fully saturated rings. The molecule has 3 aromatic carbocycles. The van der Waals surface area contributed by atoms with Crippen molar-refractivity contribution < 1.29 is 9.47 Å². The maximum Gasteiger partial charge on any atom is 0.253 e. The molecule has 0 spiro atoms. The zero-order valence-electron chi connectivity index (χ0n) is 22.5. The highest BCUT2D eigenvalue weighted by Gasteiger charge is 2.33. The Morgan fingerprint density at radius 2 is 1.68 bits per heavy atom. The molecule has 1 aliphatic rings. The molecule has 10 heteroatoms. The number of methoxy groups -OCH3 is 2. The number of nitrogens with one attached hydrogen (secondary N) is 1. The number of hydrogen-bond donors (Lipinski definition) is 1. The first-order chi connectivity index (χ1) is 19.6. The number of hydrogen-bond acceptors (Lipinski definition) is 8. The number of ether oxygens (including phenoxy) is 2. The van der Waals surface area contributed by atoms with Gasteiger partial charge in [-0.2, -0.15) is 0 Å². The van der Waals surface area contributed by atoms with E-state index in [0.29, 0.717) is 31.0 Å². The highest BCUT2D eigenvalue weighted by atomic mass is 16.5. The van der Waals surface area contributed by atoms with Crippen molar-refractivity contribution >= 4 is 16.6 Å². The molecule has 0 bridgehead atoms. The summed E-state index contributed by atoms with van der Waals surface area (Å²) in [6.07, 6.45) is 0. The Morgan fingerprint density at radius 3 is 2.45 bits per heavy atom. The molecule has 40 heavy (non-hydrogen) atoms. The Balaban J connectivity index is 1.39. The molecule has 10 nitrogen and oxygen atoms in total. The van der Waals surface area contributed by atoms with Crippen molar-refractivity contribution in [1.29, 1.82) is 0 Å². The molecule has 0 amide bonds. The SMILES string of the molecule is COc1ccc2[nH]c(=O)c([C@H](c3nnnn3Cc3ccccc3)N3CCN(c4ccccc4OC)CC3)cc2c1. The van der Waals surface area contributed by atoms with Gasteiger partial charge in [-0.15, -0.1) is 5.10 Å². The number of H-pyrrole nitrogens is 1. The maximum atomic E-state index is 13.6. The standard InChI is InChI=1S/C30H31N7O3/c1-39-23-12-13-25-22(18-23)19-24(30(38)31-25)28(29-32-33-34-37(29)20-21-8-4-3-5-9-21)36-16-14-35(15-17-36)26-10-6-7-11-27(26)40-2/h3-13,18-19,28H,14-17,20H2,1-2H3,(H,31,38)/t28-/m1/s1.